The van der Waals surface area contributed by atoms with Crippen LogP contribution < -0.4 is 4.90 Å². The number of fused-ring (bicyclic) bond motifs is 3. The summed E-state index contributed by atoms with van der Waals surface area (Å²) in [7, 11) is 0. The molecule has 1 aromatic heterocycles. The number of rotatable bonds is 5. The molecule has 0 spiro atoms. The summed E-state index contributed by atoms with van der Waals surface area (Å²) in [6, 6.07) is 36.5. The Kier molecular flexibility index (Phi) is 5.92. The summed E-state index contributed by atoms with van der Waals surface area (Å²) < 4.78 is 45.1. The zero-order chi connectivity index (χ0) is 35.5. The maximum absolute atomic E-state index is 10.6. The summed E-state index contributed by atoms with van der Waals surface area (Å²) in [5, 5.41) is 12.8. The van der Waals surface area contributed by atoms with Gasteiger partial charge in [0.05, 0.1) is 29.1 Å². The van der Waals surface area contributed by atoms with Crippen molar-refractivity contribution in [2.45, 2.75) is 26.2 Å². The number of hydrogen-bond donors (Lipinski definition) is 0. The second-order valence-corrected chi connectivity index (χ2v) is 12.9. The summed E-state index contributed by atoms with van der Waals surface area (Å²) in [5.74, 6) is 0. The predicted molar refractivity (Wildman–Crippen MR) is 192 cm³/mol. The molecule has 0 atom stereocenters. The molecule has 0 fully saturated rings. The molecule has 0 saturated carbocycles. The molecule has 0 unspecified atom stereocenters. The number of aromatic nitrogens is 1. The first-order valence-electron chi connectivity index (χ1n) is 17.2. The van der Waals surface area contributed by atoms with E-state index in [9.17, 15) is 5.26 Å². The Bertz CT molecular complexity index is 2440. The van der Waals surface area contributed by atoms with Crippen molar-refractivity contribution in [2.75, 3.05) is 4.90 Å². The fraction of sp³-hybridized carbons (Fsp3) is 0.0976. The molecule has 6 aromatic carbocycles. The van der Waals surface area contributed by atoms with E-state index in [-0.39, 0.29) is 23.1 Å². The van der Waals surface area contributed by atoms with E-state index in [4.69, 9.17) is 6.85 Å². The van der Waals surface area contributed by atoms with Gasteiger partial charge in [-0.15, -0.1) is 0 Å². The van der Waals surface area contributed by atoms with E-state index >= 15 is 0 Å². The van der Waals surface area contributed by atoms with Crippen LogP contribution in [0.15, 0.2) is 144 Å². The molecule has 0 radical (unpaired) electrons. The highest BCUT2D eigenvalue weighted by Crippen LogP contribution is 2.42. The molecule has 45 heavy (non-hydrogen) atoms. The van der Waals surface area contributed by atoms with Gasteiger partial charge in [0.25, 0.3) is 0 Å². The average molecular weight is 652 g/mol. The van der Waals surface area contributed by atoms with Gasteiger partial charge in [-0.3, -0.25) is 0 Å². The zero-order valence-electron chi connectivity index (χ0n) is 30.1. The van der Waals surface area contributed by atoms with Crippen molar-refractivity contribution in [1.29, 1.82) is 5.26 Å². The first-order chi connectivity index (χ1) is 23.9. The lowest BCUT2D eigenvalue weighted by Gasteiger charge is -2.30. The molecule has 0 N–H and O–H groups in total. The first kappa shape index (κ1) is 23.3. The van der Waals surface area contributed by atoms with Gasteiger partial charge in [0.1, 0.15) is 6.07 Å². The highest BCUT2D eigenvalue weighted by Gasteiger charge is 2.23. The minimum Gasteiger partial charge on any atom is -0.309 e. The molecule has 0 aliphatic heterocycles. The molecule has 0 aliphatic rings. The molecule has 218 valence electrons. The van der Waals surface area contributed by atoms with Crippen LogP contribution in [0.3, 0.4) is 0 Å². The van der Waals surface area contributed by atoms with Gasteiger partial charge in [0.2, 0.25) is 0 Å². The number of nitrogens with zero attached hydrogens (tertiary/aromatic N) is 3. The van der Waals surface area contributed by atoms with Crippen LogP contribution in [0.5, 0.6) is 0 Å². The van der Waals surface area contributed by atoms with E-state index in [1.54, 1.807) is 6.07 Å². The fourth-order valence-corrected chi connectivity index (χ4v) is 6.38. The van der Waals surface area contributed by atoms with Crippen LogP contribution >= 0.6 is 15.9 Å². The quantitative estimate of drug-likeness (QED) is 0.186. The topological polar surface area (TPSA) is 32.0 Å². The van der Waals surface area contributed by atoms with Gasteiger partial charge in [-0.25, -0.2) is 0 Å². The molecular formula is C41H32BrN3. The minimum atomic E-state index is -0.439. The lowest BCUT2D eigenvalue weighted by Crippen LogP contribution is -2.16. The van der Waals surface area contributed by atoms with E-state index in [1.807, 2.05) is 71.6 Å². The zero-order valence-corrected chi connectivity index (χ0v) is 26.7. The third-order valence-electron chi connectivity index (χ3n) is 8.08. The van der Waals surface area contributed by atoms with Crippen LogP contribution in [0.2, 0.25) is 0 Å². The lowest BCUT2D eigenvalue weighted by molar-refractivity contribution is 0.590. The summed E-state index contributed by atoms with van der Waals surface area (Å²) in [6.45, 7) is 6.43. The monoisotopic (exact) mass is 650 g/mol. The molecule has 1 heterocycles. The van der Waals surface area contributed by atoms with Crippen molar-refractivity contribution in [3.63, 3.8) is 0 Å². The third kappa shape index (κ3) is 5.30. The van der Waals surface area contributed by atoms with Crippen molar-refractivity contribution in [3.05, 3.63) is 155 Å². The lowest BCUT2D eigenvalue weighted by atomic mass is 9.86. The highest BCUT2D eigenvalue weighted by molar-refractivity contribution is 9.10. The molecule has 7 aromatic rings. The third-order valence-corrected chi connectivity index (χ3v) is 8.54. The summed E-state index contributed by atoms with van der Waals surface area (Å²) in [5.41, 5.74) is 6.93. The highest BCUT2D eigenvalue weighted by atomic mass is 79.9. The van der Waals surface area contributed by atoms with Crippen LogP contribution in [0, 0.1) is 11.3 Å². The second-order valence-electron chi connectivity index (χ2n) is 12.0. The number of hydrogen-bond acceptors (Lipinski definition) is 2. The molecule has 7 rings (SSSR count). The Morgan fingerprint density at radius 2 is 1.40 bits per heavy atom. The van der Waals surface area contributed by atoms with E-state index < -0.39 is 18.1 Å². The largest absolute Gasteiger partial charge is 0.309 e. The molecule has 4 heteroatoms. The van der Waals surface area contributed by atoms with Gasteiger partial charge < -0.3 is 9.47 Å². The normalized spacial score (nSPS) is 13.1. The SMILES string of the molecule is [2H]c1c([2H])c([2H])c(-c2cccc(N(c3cc(Br)cc(C(C)(C)C)c3)c3cc(-n4c5ccccc5c5ccccc54)ccc3C#N)c2)c([2H])c1[2H]. The van der Waals surface area contributed by atoms with Crippen molar-refractivity contribution in [2.24, 2.45) is 0 Å². The van der Waals surface area contributed by atoms with Gasteiger partial charge >= 0.3 is 0 Å². The molecule has 3 nitrogen and oxygen atoms in total. The molecule has 0 saturated heterocycles. The van der Waals surface area contributed by atoms with E-state index in [1.165, 1.54) is 0 Å². The van der Waals surface area contributed by atoms with Gasteiger partial charge in [0, 0.05) is 32.3 Å². The van der Waals surface area contributed by atoms with E-state index in [0.717, 1.165) is 43.2 Å². The maximum atomic E-state index is 10.6. The van der Waals surface area contributed by atoms with Gasteiger partial charge in [-0.1, -0.05) is 115 Å². The molecule has 0 amide bonds. The second kappa shape index (κ2) is 11.4. The van der Waals surface area contributed by atoms with E-state index in [2.05, 4.69) is 83.7 Å². The fourth-order valence-electron chi connectivity index (χ4n) is 5.90. The Morgan fingerprint density at radius 3 is 2.07 bits per heavy atom. The average Bonchev–Trinajstić information content (AvgIpc) is 3.44. The number of nitriles is 1. The predicted octanol–water partition coefficient (Wildman–Crippen LogP) is 11.9. The summed E-state index contributed by atoms with van der Waals surface area (Å²) in [4.78, 5) is 2.01. The molecular weight excluding hydrogens is 614 g/mol. The van der Waals surface area contributed by atoms with Crippen molar-refractivity contribution < 1.29 is 6.85 Å². The van der Waals surface area contributed by atoms with Gasteiger partial charge in [-0.2, -0.15) is 5.26 Å². The van der Waals surface area contributed by atoms with Crippen LogP contribution in [-0.2, 0) is 5.41 Å². The number of benzene rings is 6. The standard InChI is InChI=1S/C41H32BrN3/c1-41(2,3)31-23-32(42)25-35(24-31)44(33-15-11-14-29(22-33)28-12-5-4-6-13-28)40-26-34(21-20-30(40)27-43)45-38-18-9-7-16-36(38)37-17-8-10-19-39(37)45/h4-26H,1-3H3/i4D,5D,6D,12D,13D. The van der Waals surface area contributed by atoms with Gasteiger partial charge in [-0.05, 0) is 82.8 Å². The van der Waals surface area contributed by atoms with Crippen molar-refractivity contribution in [1.82, 2.24) is 4.57 Å². The van der Waals surface area contributed by atoms with E-state index in [0.29, 0.717) is 22.5 Å². The first-order valence-corrected chi connectivity index (χ1v) is 15.5. The van der Waals surface area contributed by atoms with Crippen LogP contribution in [0.25, 0.3) is 38.6 Å². The Labute approximate surface area is 279 Å². The summed E-state index contributed by atoms with van der Waals surface area (Å²) in [6.07, 6.45) is 0. The smallest absolute Gasteiger partial charge is 0.101 e. The van der Waals surface area contributed by atoms with Crippen molar-refractivity contribution in [3.8, 4) is 22.9 Å². The van der Waals surface area contributed by atoms with Gasteiger partial charge in [0.15, 0.2) is 0 Å². The molecule has 0 bridgehead atoms. The van der Waals surface area contributed by atoms with Crippen LogP contribution in [-0.4, -0.2) is 4.57 Å². The molecule has 0 aliphatic carbocycles. The minimum absolute atomic E-state index is 0.113. The summed E-state index contributed by atoms with van der Waals surface area (Å²) >= 11 is 3.74. The van der Waals surface area contributed by atoms with Crippen LogP contribution in [0.4, 0.5) is 17.1 Å². The number of halogens is 1. The van der Waals surface area contributed by atoms with Crippen LogP contribution in [0.1, 0.15) is 38.8 Å². The Morgan fingerprint density at radius 1 is 0.711 bits per heavy atom. The maximum Gasteiger partial charge on any atom is 0.101 e. The number of para-hydroxylation sites is 2. The Hall–Kier alpha value is -5.11. The number of anilines is 3. The Balaban J connectivity index is 1.53. The van der Waals surface area contributed by atoms with Crippen molar-refractivity contribution >= 4 is 54.8 Å².